The van der Waals surface area contributed by atoms with Crippen molar-refractivity contribution in [3.8, 4) is 0 Å². The number of piperazine rings is 1. The largest absolute Gasteiger partial charge is 0.304 e. The Labute approximate surface area is 126 Å². The molecule has 5 rings (SSSR count). The summed E-state index contributed by atoms with van der Waals surface area (Å²) in [5.74, 6) is 3.14. The Balaban J connectivity index is 1.49. The Morgan fingerprint density at radius 1 is 1.00 bits per heavy atom. The predicted octanol–water partition coefficient (Wildman–Crippen LogP) is 2.82. The molecule has 0 aromatic rings. The average Bonchev–Trinajstić information content (AvgIpc) is 2.38. The first kappa shape index (κ1) is 13.1. The van der Waals surface area contributed by atoms with Crippen LogP contribution in [0.2, 0.25) is 0 Å². The summed E-state index contributed by atoms with van der Waals surface area (Å²) in [5.41, 5.74) is 0.630. The minimum absolute atomic E-state index is 0.630. The van der Waals surface area contributed by atoms with Gasteiger partial charge in [0.1, 0.15) is 0 Å². The SMILES string of the molecule is CN1CCN(CC23C[C@@H]4CC(C[C@@H](C4)C2)C3Br)CC1. The fraction of sp³-hybridized carbons (Fsp3) is 1.00. The molecular weight excluding hydrogens is 300 g/mol. The highest BCUT2D eigenvalue weighted by Gasteiger charge is 2.56. The van der Waals surface area contributed by atoms with Crippen LogP contribution in [0.15, 0.2) is 0 Å². The molecular formula is C16H27BrN2. The topological polar surface area (TPSA) is 6.48 Å². The van der Waals surface area contributed by atoms with Crippen LogP contribution in [0.3, 0.4) is 0 Å². The summed E-state index contributed by atoms with van der Waals surface area (Å²) in [6, 6.07) is 0. The van der Waals surface area contributed by atoms with E-state index >= 15 is 0 Å². The average molecular weight is 327 g/mol. The monoisotopic (exact) mass is 326 g/mol. The number of hydrogen-bond donors (Lipinski definition) is 0. The van der Waals surface area contributed by atoms with Crippen molar-refractivity contribution in [2.24, 2.45) is 23.2 Å². The molecule has 1 aliphatic heterocycles. The van der Waals surface area contributed by atoms with Gasteiger partial charge in [0.25, 0.3) is 0 Å². The Morgan fingerprint density at radius 2 is 1.63 bits per heavy atom. The second-order valence-electron chi connectivity index (χ2n) is 7.95. The van der Waals surface area contributed by atoms with Crippen LogP contribution in [0.4, 0.5) is 0 Å². The van der Waals surface area contributed by atoms with Gasteiger partial charge < -0.3 is 9.80 Å². The van der Waals surface area contributed by atoms with Crippen molar-refractivity contribution in [1.29, 1.82) is 0 Å². The van der Waals surface area contributed by atoms with Crippen LogP contribution < -0.4 is 0 Å². The molecule has 0 aromatic heterocycles. The summed E-state index contributed by atoms with van der Waals surface area (Å²) in [6.07, 6.45) is 7.64. The van der Waals surface area contributed by atoms with Gasteiger partial charge >= 0.3 is 0 Å². The molecule has 19 heavy (non-hydrogen) atoms. The van der Waals surface area contributed by atoms with E-state index in [4.69, 9.17) is 0 Å². The van der Waals surface area contributed by atoms with E-state index in [1.807, 2.05) is 0 Å². The Bertz CT molecular complexity index is 337. The first-order chi connectivity index (χ1) is 9.14. The van der Waals surface area contributed by atoms with E-state index < -0.39 is 0 Å². The molecule has 3 unspecified atom stereocenters. The van der Waals surface area contributed by atoms with Crippen LogP contribution in [-0.4, -0.2) is 54.4 Å². The zero-order chi connectivity index (χ0) is 13.0. The molecule has 5 atom stereocenters. The molecule has 0 spiro atoms. The maximum absolute atomic E-state index is 4.14. The zero-order valence-corrected chi connectivity index (χ0v) is 13.7. The van der Waals surface area contributed by atoms with Crippen LogP contribution in [0.25, 0.3) is 0 Å². The third-order valence-electron chi connectivity index (χ3n) is 6.46. The van der Waals surface area contributed by atoms with Gasteiger partial charge in [-0.05, 0) is 62.3 Å². The molecule has 4 bridgehead atoms. The van der Waals surface area contributed by atoms with Gasteiger partial charge in [0, 0.05) is 37.6 Å². The molecule has 4 aliphatic carbocycles. The minimum atomic E-state index is 0.630. The standard InChI is InChI=1S/C16H27BrN2/c1-18-2-4-19(5-3-18)11-16-9-12-6-13(10-16)8-14(7-12)15(16)17/h12-15H,2-11H2,1H3/t12-,13+,14?,15?,16?. The molecule has 4 saturated carbocycles. The van der Waals surface area contributed by atoms with Crippen molar-refractivity contribution in [1.82, 2.24) is 9.80 Å². The van der Waals surface area contributed by atoms with Gasteiger partial charge in [-0.25, -0.2) is 0 Å². The first-order valence-corrected chi connectivity index (χ1v) is 9.11. The number of rotatable bonds is 2. The molecule has 0 aromatic carbocycles. The van der Waals surface area contributed by atoms with E-state index in [2.05, 4.69) is 32.8 Å². The molecule has 5 fully saturated rings. The number of alkyl halides is 1. The highest BCUT2D eigenvalue weighted by molar-refractivity contribution is 9.09. The van der Waals surface area contributed by atoms with Gasteiger partial charge in [0.15, 0.2) is 0 Å². The van der Waals surface area contributed by atoms with Crippen LogP contribution in [0.5, 0.6) is 0 Å². The van der Waals surface area contributed by atoms with Crippen LogP contribution in [0, 0.1) is 23.2 Å². The normalized spacial score (nSPS) is 50.8. The maximum atomic E-state index is 4.14. The predicted molar refractivity (Wildman–Crippen MR) is 82.6 cm³/mol. The molecule has 5 aliphatic rings. The fourth-order valence-electron chi connectivity index (χ4n) is 5.81. The van der Waals surface area contributed by atoms with E-state index in [0.717, 1.165) is 22.6 Å². The molecule has 0 N–H and O–H groups in total. The van der Waals surface area contributed by atoms with E-state index in [0.29, 0.717) is 5.41 Å². The number of likely N-dealkylation sites (N-methyl/N-ethyl adjacent to an activating group) is 1. The quantitative estimate of drug-likeness (QED) is 0.720. The zero-order valence-electron chi connectivity index (χ0n) is 12.2. The lowest BCUT2D eigenvalue weighted by atomic mass is 9.49. The summed E-state index contributed by atoms with van der Waals surface area (Å²) in [7, 11) is 2.26. The Kier molecular flexibility index (Phi) is 3.24. The van der Waals surface area contributed by atoms with E-state index in [-0.39, 0.29) is 0 Å². The number of nitrogens with zero attached hydrogens (tertiary/aromatic N) is 2. The van der Waals surface area contributed by atoms with Crippen molar-refractivity contribution in [3.05, 3.63) is 0 Å². The summed E-state index contributed by atoms with van der Waals surface area (Å²) >= 11 is 4.14. The van der Waals surface area contributed by atoms with Gasteiger partial charge in [-0.2, -0.15) is 0 Å². The lowest BCUT2D eigenvalue weighted by Crippen LogP contribution is -2.59. The first-order valence-electron chi connectivity index (χ1n) is 8.20. The molecule has 0 radical (unpaired) electrons. The van der Waals surface area contributed by atoms with Crippen molar-refractivity contribution in [3.63, 3.8) is 0 Å². The Hall–Kier alpha value is 0.400. The van der Waals surface area contributed by atoms with E-state index in [1.165, 1.54) is 58.4 Å². The molecule has 108 valence electrons. The van der Waals surface area contributed by atoms with E-state index in [9.17, 15) is 0 Å². The molecule has 1 heterocycles. The van der Waals surface area contributed by atoms with Crippen molar-refractivity contribution < 1.29 is 0 Å². The van der Waals surface area contributed by atoms with Crippen LogP contribution >= 0.6 is 15.9 Å². The van der Waals surface area contributed by atoms with Crippen LogP contribution in [0.1, 0.15) is 32.1 Å². The fourth-order valence-corrected chi connectivity index (χ4v) is 6.76. The second-order valence-corrected chi connectivity index (χ2v) is 8.94. The van der Waals surface area contributed by atoms with Gasteiger partial charge in [-0.3, -0.25) is 0 Å². The van der Waals surface area contributed by atoms with Gasteiger partial charge in [0.05, 0.1) is 0 Å². The van der Waals surface area contributed by atoms with Crippen molar-refractivity contribution >= 4 is 15.9 Å². The summed E-state index contributed by atoms with van der Waals surface area (Å²) in [6.45, 7) is 6.48. The minimum Gasteiger partial charge on any atom is -0.304 e. The maximum Gasteiger partial charge on any atom is 0.0243 e. The van der Waals surface area contributed by atoms with Crippen molar-refractivity contribution in [2.45, 2.75) is 36.9 Å². The summed E-state index contributed by atoms with van der Waals surface area (Å²) in [5, 5.41) is 0. The highest BCUT2D eigenvalue weighted by atomic mass is 79.9. The summed E-state index contributed by atoms with van der Waals surface area (Å²) < 4.78 is 0. The van der Waals surface area contributed by atoms with Crippen molar-refractivity contribution in [2.75, 3.05) is 39.8 Å². The third kappa shape index (κ3) is 2.20. The van der Waals surface area contributed by atoms with Crippen LogP contribution in [-0.2, 0) is 0 Å². The van der Waals surface area contributed by atoms with Gasteiger partial charge in [0.2, 0.25) is 0 Å². The molecule has 2 nitrogen and oxygen atoms in total. The smallest absolute Gasteiger partial charge is 0.0243 e. The molecule has 3 heteroatoms. The van der Waals surface area contributed by atoms with Gasteiger partial charge in [-0.1, -0.05) is 15.9 Å². The Morgan fingerprint density at radius 3 is 2.26 bits per heavy atom. The second kappa shape index (κ2) is 4.71. The van der Waals surface area contributed by atoms with E-state index in [1.54, 1.807) is 6.42 Å². The number of halogens is 1. The lowest BCUT2D eigenvalue weighted by molar-refractivity contribution is -0.0641. The molecule has 1 saturated heterocycles. The number of hydrogen-bond acceptors (Lipinski definition) is 2. The highest BCUT2D eigenvalue weighted by Crippen LogP contribution is 2.62. The lowest BCUT2D eigenvalue weighted by Gasteiger charge is -2.61. The third-order valence-corrected chi connectivity index (χ3v) is 8.18. The van der Waals surface area contributed by atoms with Gasteiger partial charge in [-0.15, -0.1) is 0 Å². The summed E-state index contributed by atoms with van der Waals surface area (Å²) in [4.78, 5) is 6.05. The molecule has 0 amide bonds.